The molecule has 1 saturated heterocycles. The van der Waals surface area contributed by atoms with E-state index in [0.717, 1.165) is 31.1 Å². The first-order valence-corrected chi connectivity index (χ1v) is 8.94. The Hall–Kier alpha value is -1.85. The summed E-state index contributed by atoms with van der Waals surface area (Å²) in [7, 11) is 0. The summed E-state index contributed by atoms with van der Waals surface area (Å²) in [6.45, 7) is 6.04. The molecule has 2 heterocycles. The Balaban J connectivity index is 1.64. The molecule has 1 aromatic heterocycles. The fourth-order valence-corrected chi connectivity index (χ4v) is 3.84. The van der Waals surface area contributed by atoms with Gasteiger partial charge in [0.1, 0.15) is 0 Å². The van der Waals surface area contributed by atoms with Crippen LogP contribution in [0.3, 0.4) is 0 Å². The van der Waals surface area contributed by atoms with E-state index in [9.17, 15) is 4.79 Å². The zero-order chi connectivity index (χ0) is 16.2. The molecule has 0 radical (unpaired) electrons. The van der Waals surface area contributed by atoms with Crippen LogP contribution in [-0.4, -0.2) is 19.0 Å². The van der Waals surface area contributed by atoms with Crippen molar-refractivity contribution in [1.29, 1.82) is 0 Å². The van der Waals surface area contributed by atoms with E-state index in [1.165, 1.54) is 29.7 Å². The SMILES string of the molecule is Cc1ccc(CNCc2cc(C(N)=O)cs2)c(N2CCCC2)c1. The highest BCUT2D eigenvalue weighted by Gasteiger charge is 2.15. The summed E-state index contributed by atoms with van der Waals surface area (Å²) in [5, 5.41) is 5.31. The van der Waals surface area contributed by atoms with E-state index in [2.05, 4.69) is 35.3 Å². The predicted octanol–water partition coefficient (Wildman–Crippen LogP) is 3.05. The van der Waals surface area contributed by atoms with E-state index in [1.54, 1.807) is 11.3 Å². The maximum absolute atomic E-state index is 11.1. The number of carbonyl (C=O) groups excluding carboxylic acids is 1. The van der Waals surface area contributed by atoms with E-state index in [0.29, 0.717) is 5.56 Å². The summed E-state index contributed by atoms with van der Waals surface area (Å²) in [5.41, 5.74) is 9.89. The van der Waals surface area contributed by atoms with Gasteiger partial charge < -0.3 is 16.0 Å². The number of nitrogens with one attached hydrogen (secondary N) is 1. The van der Waals surface area contributed by atoms with Gasteiger partial charge in [0.05, 0.1) is 5.56 Å². The lowest BCUT2D eigenvalue weighted by Crippen LogP contribution is -2.21. The summed E-state index contributed by atoms with van der Waals surface area (Å²) in [5.74, 6) is -0.359. The van der Waals surface area contributed by atoms with E-state index >= 15 is 0 Å². The topological polar surface area (TPSA) is 58.4 Å². The number of nitrogens with zero attached hydrogens (tertiary/aromatic N) is 1. The summed E-state index contributed by atoms with van der Waals surface area (Å²) in [6.07, 6.45) is 2.57. The smallest absolute Gasteiger partial charge is 0.249 e. The quantitative estimate of drug-likeness (QED) is 0.856. The van der Waals surface area contributed by atoms with Crippen LogP contribution in [-0.2, 0) is 13.1 Å². The van der Waals surface area contributed by atoms with Gasteiger partial charge in [0, 0.05) is 42.1 Å². The number of thiophene rings is 1. The van der Waals surface area contributed by atoms with Gasteiger partial charge in [0.2, 0.25) is 5.91 Å². The third kappa shape index (κ3) is 3.92. The lowest BCUT2D eigenvalue weighted by atomic mass is 10.1. The first-order valence-electron chi connectivity index (χ1n) is 8.06. The van der Waals surface area contributed by atoms with Gasteiger partial charge in [-0.1, -0.05) is 12.1 Å². The van der Waals surface area contributed by atoms with Crippen LogP contribution in [0.2, 0.25) is 0 Å². The van der Waals surface area contributed by atoms with Crippen molar-refractivity contribution < 1.29 is 4.79 Å². The van der Waals surface area contributed by atoms with Crippen LogP contribution in [0, 0.1) is 6.92 Å². The third-order valence-electron chi connectivity index (χ3n) is 4.24. The lowest BCUT2D eigenvalue weighted by Gasteiger charge is -2.22. The highest BCUT2D eigenvalue weighted by Crippen LogP contribution is 2.26. The first kappa shape index (κ1) is 16.0. The molecule has 1 fully saturated rings. The number of aryl methyl sites for hydroxylation is 1. The van der Waals surface area contributed by atoms with Crippen molar-refractivity contribution in [2.45, 2.75) is 32.9 Å². The Morgan fingerprint density at radius 3 is 2.74 bits per heavy atom. The standard InChI is InChI=1S/C18H23N3OS/c1-13-4-5-14(17(8-13)21-6-2-3-7-21)10-20-11-16-9-15(12-23-16)18(19)22/h4-5,8-9,12,20H,2-3,6-7,10-11H2,1H3,(H2,19,22). The number of anilines is 1. The lowest BCUT2D eigenvalue weighted by molar-refractivity contribution is 0.100. The number of carbonyl (C=O) groups is 1. The van der Waals surface area contributed by atoms with Crippen molar-refractivity contribution in [3.63, 3.8) is 0 Å². The molecule has 5 heteroatoms. The van der Waals surface area contributed by atoms with E-state index in [4.69, 9.17) is 5.73 Å². The number of rotatable bonds is 6. The normalized spacial score (nSPS) is 14.4. The molecule has 0 aliphatic carbocycles. The van der Waals surface area contributed by atoms with Crippen molar-refractivity contribution in [1.82, 2.24) is 5.32 Å². The summed E-state index contributed by atoms with van der Waals surface area (Å²) < 4.78 is 0. The highest BCUT2D eigenvalue weighted by atomic mass is 32.1. The minimum Gasteiger partial charge on any atom is -0.371 e. The molecular weight excluding hydrogens is 306 g/mol. The molecule has 122 valence electrons. The van der Waals surface area contributed by atoms with Gasteiger partial charge in [-0.2, -0.15) is 0 Å². The maximum Gasteiger partial charge on any atom is 0.249 e. The molecule has 1 aliphatic heterocycles. The highest BCUT2D eigenvalue weighted by molar-refractivity contribution is 7.10. The Kier molecular flexibility index (Phi) is 4.98. The van der Waals surface area contributed by atoms with Crippen molar-refractivity contribution in [3.8, 4) is 0 Å². The average molecular weight is 329 g/mol. The summed E-state index contributed by atoms with van der Waals surface area (Å²) in [6, 6.07) is 8.56. The van der Waals surface area contributed by atoms with E-state index < -0.39 is 0 Å². The van der Waals surface area contributed by atoms with E-state index in [1.807, 2.05) is 11.4 Å². The first-order chi connectivity index (χ1) is 11.1. The second-order valence-corrected chi connectivity index (χ2v) is 7.09. The zero-order valence-corrected chi connectivity index (χ0v) is 14.3. The number of benzene rings is 1. The Bertz CT molecular complexity index is 689. The maximum atomic E-state index is 11.1. The molecule has 3 rings (SSSR count). The van der Waals surface area contributed by atoms with Crippen LogP contribution in [0.15, 0.2) is 29.6 Å². The largest absolute Gasteiger partial charge is 0.371 e. The van der Waals surface area contributed by atoms with Gasteiger partial charge in [-0.3, -0.25) is 4.79 Å². The minimum absolute atomic E-state index is 0.359. The van der Waals surface area contributed by atoms with Gasteiger partial charge in [-0.25, -0.2) is 0 Å². The molecule has 0 atom stereocenters. The van der Waals surface area contributed by atoms with Crippen molar-refractivity contribution in [3.05, 3.63) is 51.2 Å². The third-order valence-corrected chi connectivity index (χ3v) is 5.18. The second-order valence-electron chi connectivity index (χ2n) is 6.10. The van der Waals surface area contributed by atoms with Gasteiger partial charge in [-0.05, 0) is 43.0 Å². The van der Waals surface area contributed by atoms with Gasteiger partial charge in [-0.15, -0.1) is 11.3 Å². The van der Waals surface area contributed by atoms with Gasteiger partial charge in [0.15, 0.2) is 0 Å². The zero-order valence-electron chi connectivity index (χ0n) is 13.5. The van der Waals surface area contributed by atoms with Crippen LogP contribution >= 0.6 is 11.3 Å². The molecule has 0 unspecified atom stereocenters. The molecule has 4 nitrogen and oxygen atoms in total. The predicted molar refractivity (Wildman–Crippen MR) is 96.0 cm³/mol. The average Bonchev–Trinajstić information content (AvgIpc) is 3.19. The molecule has 3 N–H and O–H groups in total. The monoisotopic (exact) mass is 329 g/mol. The van der Waals surface area contributed by atoms with Gasteiger partial charge >= 0.3 is 0 Å². The Morgan fingerprint density at radius 2 is 2.04 bits per heavy atom. The van der Waals surface area contributed by atoms with Crippen molar-refractivity contribution in [2.24, 2.45) is 5.73 Å². The van der Waals surface area contributed by atoms with E-state index in [-0.39, 0.29) is 5.91 Å². The fraction of sp³-hybridized carbons (Fsp3) is 0.389. The fourth-order valence-electron chi connectivity index (χ4n) is 3.00. The molecule has 1 aromatic carbocycles. The summed E-state index contributed by atoms with van der Waals surface area (Å²) >= 11 is 1.57. The molecule has 0 saturated carbocycles. The van der Waals surface area contributed by atoms with Crippen LogP contribution in [0.4, 0.5) is 5.69 Å². The van der Waals surface area contributed by atoms with Crippen molar-refractivity contribution in [2.75, 3.05) is 18.0 Å². The molecule has 23 heavy (non-hydrogen) atoms. The molecule has 1 amide bonds. The van der Waals surface area contributed by atoms with Crippen LogP contribution < -0.4 is 16.0 Å². The van der Waals surface area contributed by atoms with Crippen LogP contribution in [0.5, 0.6) is 0 Å². The van der Waals surface area contributed by atoms with Crippen LogP contribution in [0.1, 0.15) is 39.2 Å². The molecule has 2 aromatic rings. The second kappa shape index (κ2) is 7.15. The number of hydrogen-bond acceptors (Lipinski definition) is 4. The van der Waals surface area contributed by atoms with Crippen molar-refractivity contribution >= 4 is 22.9 Å². The Morgan fingerprint density at radius 1 is 1.26 bits per heavy atom. The number of amides is 1. The molecule has 1 aliphatic rings. The molecule has 0 bridgehead atoms. The molecular formula is C18H23N3OS. The summed E-state index contributed by atoms with van der Waals surface area (Å²) in [4.78, 5) is 14.8. The minimum atomic E-state index is -0.359. The number of primary amides is 1. The van der Waals surface area contributed by atoms with Crippen LogP contribution in [0.25, 0.3) is 0 Å². The number of hydrogen-bond donors (Lipinski definition) is 2. The van der Waals surface area contributed by atoms with Gasteiger partial charge in [0.25, 0.3) is 0 Å². The molecule has 0 spiro atoms. The number of nitrogens with two attached hydrogens (primary N) is 1. The Labute approximate surface area is 141 Å².